The minimum Gasteiger partial charge on any atom is -0.336 e. The van der Waals surface area contributed by atoms with Crippen LogP contribution in [0.25, 0.3) is 0 Å². The van der Waals surface area contributed by atoms with E-state index in [-0.39, 0.29) is 11.9 Å². The van der Waals surface area contributed by atoms with E-state index >= 15 is 0 Å². The van der Waals surface area contributed by atoms with Gasteiger partial charge in [-0.3, -0.25) is 9.69 Å². The summed E-state index contributed by atoms with van der Waals surface area (Å²) in [6, 6.07) is 27.0. The molecule has 0 spiro atoms. The van der Waals surface area contributed by atoms with Gasteiger partial charge in [0.2, 0.25) is 0 Å². The van der Waals surface area contributed by atoms with E-state index in [1.54, 1.807) is 0 Å². The molecule has 1 aliphatic heterocycles. The van der Waals surface area contributed by atoms with E-state index in [0.717, 1.165) is 18.7 Å². The molecule has 1 amide bonds. The maximum atomic E-state index is 13.0. The van der Waals surface area contributed by atoms with Crippen LogP contribution in [-0.2, 0) is 0 Å². The quantitative estimate of drug-likeness (QED) is 0.597. The maximum absolute atomic E-state index is 13.0. The van der Waals surface area contributed by atoms with Crippen LogP contribution < -0.4 is 0 Å². The fourth-order valence-corrected chi connectivity index (χ4v) is 4.35. The number of aryl methyl sites for hydroxylation is 1. The second-order valence-corrected chi connectivity index (χ2v) is 7.94. The van der Waals surface area contributed by atoms with Gasteiger partial charge in [-0.2, -0.15) is 0 Å². The number of carbonyl (C=O) groups is 1. The zero-order chi connectivity index (χ0) is 20.2. The Morgan fingerprint density at radius 3 is 1.90 bits per heavy atom. The minimum absolute atomic E-state index is 0.0191. The average molecular weight is 405 g/mol. The second kappa shape index (κ2) is 8.81. The van der Waals surface area contributed by atoms with Crippen molar-refractivity contribution in [2.45, 2.75) is 13.0 Å². The van der Waals surface area contributed by atoms with Gasteiger partial charge in [0.05, 0.1) is 16.6 Å². The van der Waals surface area contributed by atoms with Gasteiger partial charge in [0.15, 0.2) is 0 Å². The van der Waals surface area contributed by atoms with E-state index in [0.29, 0.717) is 23.7 Å². The van der Waals surface area contributed by atoms with Crippen molar-refractivity contribution in [3.05, 3.63) is 106 Å². The van der Waals surface area contributed by atoms with E-state index in [4.69, 9.17) is 11.6 Å². The zero-order valence-electron chi connectivity index (χ0n) is 16.6. The molecule has 1 saturated heterocycles. The Bertz CT molecular complexity index is 927. The Morgan fingerprint density at radius 2 is 1.38 bits per heavy atom. The molecule has 0 aliphatic carbocycles. The van der Waals surface area contributed by atoms with Crippen LogP contribution in [0.1, 0.15) is 33.1 Å². The SMILES string of the molecule is Cc1ccc(C(=O)N2CCN(C(c3ccccc3)c3ccccc3)CC2)c(Cl)c1. The number of halogens is 1. The smallest absolute Gasteiger partial charge is 0.255 e. The molecule has 1 aliphatic rings. The summed E-state index contributed by atoms with van der Waals surface area (Å²) in [5.74, 6) is 0.0191. The predicted octanol–water partition coefficient (Wildman–Crippen LogP) is 5.20. The third-order valence-corrected chi connectivity index (χ3v) is 5.86. The maximum Gasteiger partial charge on any atom is 0.255 e. The Labute approximate surface area is 177 Å². The number of nitrogens with zero attached hydrogens (tertiary/aromatic N) is 2. The zero-order valence-corrected chi connectivity index (χ0v) is 17.3. The Morgan fingerprint density at radius 1 is 0.828 bits per heavy atom. The first kappa shape index (κ1) is 19.7. The molecular formula is C25H25ClN2O. The fraction of sp³-hybridized carbons (Fsp3) is 0.240. The number of benzene rings is 3. The standard InChI is InChI=1S/C25H25ClN2O/c1-19-12-13-22(23(26)18-19)25(29)28-16-14-27(15-17-28)24(20-8-4-2-5-9-20)21-10-6-3-7-11-21/h2-13,18,24H,14-17H2,1H3. The molecule has 0 aromatic heterocycles. The highest BCUT2D eigenvalue weighted by molar-refractivity contribution is 6.33. The van der Waals surface area contributed by atoms with Crippen LogP contribution in [-0.4, -0.2) is 41.9 Å². The lowest BCUT2D eigenvalue weighted by Gasteiger charge is -2.40. The van der Waals surface area contributed by atoms with Gasteiger partial charge in [-0.15, -0.1) is 0 Å². The summed E-state index contributed by atoms with van der Waals surface area (Å²) < 4.78 is 0. The van der Waals surface area contributed by atoms with Crippen LogP contribution in [0.5, 0.6) is 0 Å². The number of hydrogen-bond acceptors (Lipinski definition) is 2. The van der Waals surface area contributed by atoms with E-state index in [9.17, 15) is 4.79 Å². The highest BCUT2D eigenvalue weighted by Crippen LogP contribution is 2.30. The monoisotopic (exact) mass is 404 g/mol. The van der Waals surface area contributed by atoms with Crippen molar-refractivity contribution in [1.29, 1.82) is 0 Å². The molecular weight excluding hydrogens is 380 g/mol. The van der Waals surface area contributed by atoms with Crippen LogP contribution in [0, 0.1) is 6.92 Å². The first-order chi connectivity index (χ1) is 14.1. The minimum atomic E-state index is 0.0191. The first-order valence-electron chi connectivity index (χ1n) is 10.0. The molecule has 148 valence electrons. The van der Waals surface area contributed by atoms with Crippen molar-refractivity contribution < 1.29 is 4.79 Å². The van der Waals surface area contributed by atoms with Crippen LogP contribution in [0.4, 0.5) is 0 Å². The highest BCUT2D eigenvalue weighted by atomic mass is 35.5. The lowest BCUT2D eigenvalue weighted by Crippen LogP contribution is -2.49. The summed E-state index contributed by atoms with van der Waals surface area (Å²) in [7, 11) is 0. The molecule has 29 heavy (non-hydrogen) atoms. The predicted molar refractivity (Wildman–Crippen MR) is 118 cm³/mol. The number of amides is 1. The van der Waals surface area contributed by atoms with E-state index in [1.807, 2.05) is 42.2 Å². The Balaban J connectivity index is 1.52. The Hall–Kier alpha value is -2.62. The van der Waals surface area contributed by atoms with Gasteiger partial charge in [-0.25, -0.2) is 0 Å². The van der Waals surface area contributed by atoms with Crippen molar-refractivity contribution in [2.75, 3.05) is 26.2 Å². The molecule has 0 bridgehead atoms. The number of carbonyl (C=O) groups excluding carboxylic acids is 1. The lowest BCUT2D eigenvalue weighted by molar-refractivity contribution is 0.0597. The van der Waals surface area contributed by atoms with Crippen LogP contribution in [0.15, 0.2) is 78.9 Å². The van der Waals surface area contributed by atoms with Gasteiger partial charge in [-0.1, -0.05) is 78.3 Å². The van der Waals surface area contributed by atoms with Crippen LogP contribution >= 0.6 is 11.6 Å². The Kier molecular flexibility index (Phi) is 5.98. The molecule has 3 nitrogen and oxygen atoms in total. The van der Waals surface area contributed by atoms with Gasteiger partial charge in [0, 0.05) is 26.2 Å². The van der Waals surface area contributed by atoms with Gasteiger partial charge in [0.25, 0.3) is 5.91 Å². The van der Waals surface area contributed by atoms with Crippen molar-refractivity contribution in [3.8, 4) is 0 Å². The van der Waals surface area contributed by atoms with E-state index in [2.05, 4.69) is 53.4 Å². The molecule has 0 N–H and O–H groups in total. The molecule has 1 fully saturated rings. The van der Waals surface area contributed by atoms with E-state index in [1.165, 1.54) is 11.1 Å². The summed E-state index contributed by atoms with van der Waals surface area (Å²) >= 11 is 6.32. The third-order valence-electron chi connectivity index (χ3n) is 5.55. The molecule has 0 atom stereocenters. The molecule has 0 radical (unpaired) electrons. The van der Waals surface area contributed by atoms with Crippen LogP contribution in [0.2, 0.25) is 5.02 Å². The van der Waals surface area contributed by atoms with Gasteiger partial charge < -0.3 is 4.90 Å². The molecule has 4 heteroatoms. The van der Waals surface area contributed by atoms with Gasteiger partial charge in [0.1, 0.15) is 0 Å². The summed E-state index contributed by atoms with van der Waals surface area (Å²) in [5.41, 5.74) is 4.21. The summed E-state index contributed by atoms with van der Waals surface area (Å²) in [5, 5.41) is 0.531. The van der Waals surface area contributed by atoms with Crippen molar-refractivity contribution in [3.63, 3.8) is 0 Å². The molecule has 0 saturated carbocycles. The van der Waals surface area contributed by atoms with E-state index < -0.39 is 0 Å². The summed E-state index contributed by atoms with van der Waals surface area (Å²) in [6.07, 6.45) is 0. The van der Waals surface area contributed by atoms with Gasteiger partial charge >= 0.3 is 0 Å². The van der Waals surface area contributed by atoms with Crippen LogP contribution in [0.3, 0.4) is 0 Å². The number of piperazine rings is 1. The summed E-state index contributed by atoms with van der Waals surface area (Å²) in [4.78, 5) is 17.4. The molecule has 3 aromatic rings. The molecule has 1 heterocycles. The van der Waals surface area contributed by atoms with Crippen molar-refractivity contribution >= 4 is 17.5 Å². The van der Waals surface area contributed by atoms with Gasteiger partial charge in [-0.05, 0) is 35.7 Å². The second-order valence-electron chi connectivity index (χ2n) is 7.54. The van der Waals surface area contributed by atoms with Crippen molar-refractivity contribution in [2.24, 2.45) is 0 Å². The molecule has 4 rings (SSSR count). The van der Waals surface area contributed by atoms with Crippen molar-refractivity contribution in [1.82, 2.24) is 9.80 Å². The normalized spacial score (nSPS) is 14.9. The largest absolute Gasteiger partial charge is 0.336 e. The highest BCUT2D eigenvalue weighted by Gasteiger charge is 2.29. The third kappa shape index (κ3) is 4.36. The molecule has 3 aromatic carbocycles. The topological polar surface area (TPSA) is 23.6 Å². The lowest BCUT2D eigenvalue weighted by atomic mass is 9.96. The molecule has 0 unspecified atom stereocenters. The average Bonchev–Trinajstić information content (AvgIpc) is 2.76. The first-order valence-corrected chi connectivity index (χ1v) is 10.4. The summed E-state index contributed by atoms with van der Waals surface area (Å²) in [6.45, 7) is 5.01. The number of hydrogen-bond donors (Lipinski definition) is 0. The fourth-order valence-electron chi connectivity index (χ4n) is 4.03. The number of rotatable bonds is 4.